The molecule has 0 N–H and O–H groups in total. The van der Waals surface area contributed by atoms with Gasteiger partial charge in [-0.3, -0.25) is 0 Å². The zero-order valence-electron chi connectivity index (χ0n) is 4.02. The maximum atomic E-state index is 0. The molecule has 0 atom stereocenters. The molecule has 0 nitrogen and oxygen atoms in total. The molecular weight excluding hydrogens is 420 g/mol. The standard InChI is InChI=1S/Ag.Bi.Ca.Cu.5H/q;;+2;;;;;2*-1. The average Bonchev–Trinajstić information content (AvgIpc) is 0. The largest absolute Gasteiger partial charge is 2.00 e. The summed E-state index contributed by atoms with van der Waals surface area (Å²) in [6.45, 7) is 0. The Kier molecular flexibility index (Phi) is 106. The molecule has 0 rings (SSSR count). The van der Waals surface area contributed by atoms with Gasteiger partial charge in [-0.1, -0.05) is 0 Å². The van der Waals surface area contributed by atoms with E-state index >= 15 is 0 Å². The van der Waals surface area contributed by atoms with E-state index in [2.05, 4.69) is 0 Å². The van der Waals surface area contributed by atoms with Crippen LogP contribution in [0.3, 0.4) is 0 Å². The van der Waals surface area contributed by atoms with E-state index in [0.717, 1.165) is 0 Å². The van der Waals surface area contributed by atoms with E-state index in [1.807, 2.05) is 0 Å². The molecule has 0 fully saturated rings. The maximum Gasteiger partial charge on any atom is 2.00 e. The molecule has 34 valence electrons. The van der Waals surface area contributed by atoms with Crippen LogP contribution in [0, 0.1) is 0 Å². The first-order valence-electron chi connectivity index (χ1n) is 0. The maximum absolute atomic E-state index is 0. The number of hydrogen-bond donors (Lipinski definition) is 0. The molecule has 4 heavy (non-hydrogen) atoms. The molecule has 0 spiro atoms. The Morgan fingerprint density at radius 1 is 1.25 bits per heavy atom. The Morgan fingerprint density at radius 3 is 1.25 bits per heavy atom. The Bertz CT molecular complexity index is 13.5. The molecule has 2 radical (unpaired) electrons. The normalized spacial score (nSPS) is 0. The minimum Gasteiger partial charge on any atom is -1.00 e. The van der Waals surface area contributed by atoms with Gasteiger partial charge in [0.2, 0.25) is 0 Å². The van der Waals surface area contributed by atoms with Crippen molar-refractivity contribution in [1.29, 1.82) is 0 Å². The Balaban J connectivity index is 0. The average molecular weight is 426 g/mol. The molecule has 0 unspecified atom stereocenters. The van der Waals surface area contributed by atoms with Crippen molar-refractivity contribution in [3.05, 3.63) is 0 Å². The fourth-order valence-corrected chi connectivity index (χ4v) is 0. The first-order valence-corrected chi connectivity index (χ1v) is 0. The van der Waals surface area contributed by atoms with Crippen LogP contribution in [0.5, 0.6) is 0 Å². The van der Waals surface area contributed by atoms with Gasteiger partial charge in [0.1, 0.15) is 0 Å². The summed E-state index contributed by atoms with van der Waals surface area (Å²) < 4.78 is 0. The predicted molar refractivity (Wildman–Crippen MR) is 17.9 cm³/mol. The van der Waals surface area contributed by atoms with Crippen molar-refractivity contribution in [2.75, 3.05) is 0 Å². The molecule has 0 bridgehead atoms. The summed E-state index contributed by atoms with van der Waals surface area (Å²) in [5.41, 5.74) is 0. The summed E-state index contributed by atoms with van der Waals surface area (Å²) >= 11 is 0. The molecule has 0 saturated heterocycles. The van der Waals surface area contributed by atoms with Crippen LogP contribution in [0.15, 0.2) is 0 Å². The van der Waals surface area contributed by atoms with Gasteiger partial charge < -0.3 is 2.85 Å². The zero-order valence-corrected chi connectivity index (χ0v) is 12.1. The third kappa shape index (κ3) is 9.04. The smallest absolute Gasteiger partial charge is 1.00 e. The third-order valence-electron chi connectivity index (χ3n) is 0. The van der Waals surface area contributed by atoms with Gasteiger partial charge in [0, 0.05) is 39.4 Å². The van der Waals surface area contributed by atoms with E-state index in [-0.39, 0.29) is 106 Å². The second-order valence-corrected chi connectivity index (χ2v) is 0. The zero-order chi connectivity index (χ0) is 0. The van der Waals surface area contributed by atoms with Crippen molar-refractivity contribution in [3.63, 3.8) is 0 Å². The van der Waals surface area contributed by atoms with Crippen LogP contribution in [0.25, 0.3) is 0 Å². The van der Waals surface area contributed by atoms with Crippen molar-refractivity contribution in [3.8, 4) is 0 Å². The SMILES string of the molecule is [Ag].[BiH3].[Ca+2].[Cu].[H-].[H-]. The van der Waals surface area contributed by atoms with Gasteiger partial charge in [0.25, 0.3) is 0 Å². The van der Waals surface area contributed by atoms with E-state index in [4.69, 9.17) is 0 Å². The van der Waals surface area contributed by atoms with Crippen molar-refractivity contribution in [1.82, 2.24) is 0 Å². The summed E-state index contributed by atoms with van der Waals surface area (Å²) in [7, 11) is 0. The molecule has 0 amide bonds. The molecule has 0 aliphatic carbocycles. The van der Waals surface area contributed by atoms with Crippen LogP contribution in [0.1, 0.15) is 2.85 Å². The van der Waals surface area contributed by atoms with Gasteiger partial charge in [0.05, 0.1) is 0 Å². The summed E-state index contributed by atoms with van der Waals surface area (Å²) in [5, 5.41) is 0. The monoisotopic (exact) mass is 424 g/mol. The molecular formula is H5AgBiCaCu. The Hall–Kier alpha value is 3.40. The van der Waals surface area contributed by atoms with E-state index in [1.165, 1.54) is 0 Å². The van der Waals surface area contributed by atoms with Gasteiger partial charge in [-0.2, -0.15) is 0 Å². The van der Waals surface area contributed by atoms with Gasteiger partial charge in [0.15, 0.2) is 0 Å². The minimum atomic E-state index is 0. The summed E-state index contributed by atoms with van der Waals surface area (Å²) in [6.07, 6.45) is 0. The first kappa shape index (κ1) is 26.2. The Morgan fingerprint density at radius 2 is 1.25 bits per heavy atom. The molecule has 0 aliphatic rings. The van der Waals surface area contributed by atoms with Crippen molar-refractivity contribution >= 4 is 63.9 Å². The van der Waals surface area contributed by atoms with Gasteiger partial charge in [-0.25, -0.2) is 0 Å². The second kappa shape index (κ2) is 16.1. The quantitative estimate of drug-likeness (QED) is 0.422. The molecule has 0 aromatic carbocycles. The van der Waals surface area contributed by atoms with Crippen LogP contribution in [0.2, 0.25) is 0 Å². The summed E-state index contributed by atoms with van der Waals surface area (Å²) in [5.74, 6) is 0. The molecule has 4 heteroatoms. The molecule has 0 heterocycles. The van der Waals surface area contributed by atoms with Crippen molar-refractivity contribution < 1.29 is 42.3 Å². The van der Waals surface area contributed by atoms with Gasteiger partial charge in [-0.05, 0) is 0 Å². The summed E-state index contributed by atoms with van der Waals surface area (Å²) in [4.78, 5) is 0. The fraction of sp³-hybridized carbons (Fsp3) is 0. The number of rotatable bonds is 0. The van der Waals surface area contributed by atoms with E-state index in [0.29, 0.717) is 0 Å². The van der Waals surface area contributed by atoms with Gasteiger partial charge >= 0.3 is 63.9 Å². The van der Waals surface area contributed by atoms with Gasteiger partial charge in [-0.15, -0.1) is 0 Å². The van der Waals surface area contributed by atoms with Crippen LogP contribution >= 0.6 is 0 Å². The van der Waals surface area contributed by atoms with E-state index in [1.54, 1.807) is 0 Å². The second-order valence-electron chi connectivity index (χ2n) is 0. The van der Waals surface area contributed by atoms with Crippen molar-refractivity contribution in [2.24, 2.45) is 0 Å². The Labute approximate surface area is 104 Å². The van der Waals surface area contributed by atoms with Crippen LogP contribution in [0.4, 0.5) is 0 Å². The molecule has 0 aliphatic heterocycles. The van der Waals surface area contributed by atoms with E-state index < -0.39 is 0 Å². The van der Waals surface area contributed by atoms with Crippen LogP contribution in [-0.4, -0.2) is 63.9 Å². The minimum absolute atomic E-state index is 0. The third-order valence-corrected chi connectivity index (χ3v) is 0. The topological polar surface area (TPSA) is 0 Å². The fourth-order valence-electron chi connectivity index (χ4n) is 0. The number of hydrogen-bond acceptors (Lipinski definition) is 0. The van der Waals surface area contributed by atoms with Crippen molar-refractivity contribution in [2.45, 2.75) is 0 Å². The van der Waals surface area contributed by atoms with Crippen LogP contribution < -0.4 is 0 Å². The first-order chi connectivity index (χ1) is 0. The molecule has 0 aromatic heterocycles. The predicted octanol–water partition coefficient (Wildman–Crippen LogP) is -1.34. The molecule has 0 saturated carbocycles. The van der Waals surface area contributed by atoms with E-state index in [9.17, 15) is 0 Å². The molecule has 0 aromatic rings. The van der Waals surface area contributed by atoms with Crippen LogP contribution in [-0.2, 0) is 39.4 Å². The summed E-state index contributed by atoms with van der Waals surface area (Å²) in [6, 6.07) is 0.